The fraction of sp³-hybridized carbons (Fsp3) is 0.375. The molecule has 26 heavy (non-hydrogen) atoms. The summed E-state index contributed by atoms with van der Waals surface area (Å²) in [4.78, 5) is 14.7. The van der Waals surface area contributed by atoms with Gasteiger partial charge in [0, 0.05) is 30.2 Å². The Hall–Kier alpha value is -2.59. The Morgan fingerprint density at radius 2 is 2.04 bits per heavy atom. The molecule has 1 atom stereocenters. The van der Waals surface area contributed by atoms with Gasteiger partial charge in [0.2, 0.25) is 5.96 Å². The van der Waals surface area contributed by atoms with Crippen molar-refractivity contribution in [2.75, 3.05) is 6.54 Å². The number of sulfonamides is 1. The molecule has 0 radical (unpaired) electrons. The van der Waals surface area contributed by atoms with Crippen LogP contribution in [0.2, 0.25) is 0 Å². The molecule has 0 unspecified atom stereocenters. The van der Waals surface area contributed by atoms with Crippen LogP contribution in [0.1, 0.15) is 18.5 Å². The lowest BCUT2D eigenvalue weighted by Crippen LogP contribution is -2.37. The van der Waals surface area contributed by atoms with Gasteiger partial charge >= 0.3 is 5.97 Å². The highest BCUT2D eigenvalue weighted by Gasteiger charge is 2.24. The van der Waals surface area contributed by atoms with Gasteiger partial charge in [0.05, 0.1) is 0 Å². The number of aromatic nitrogens is 1. The summed E-state index contributed by atoms with van der Waals surface area (Å²) in [6, 6.07) is 6.20. The van der Waals surface area contributed by atoms with Gasteiger partial charge in [0.1, 0.15) is 10.9 Å². The summed E-state index contributed by atoms with van der Waals surface area (Å²) in [5.41, 5.74) is 12.4. The first-order valence-corrected chi connectivity index (χ1v) is 9.48. The zero-order valence-electron chi connectivity index (χ0n) is 14.6. The average molecular weight is 381 g/mol. The van der Waals surface area contributed by atoms with Crippen LogP contribution >= 0.6 is 0 Å². The molecular formula is C16H23N5O4S. The number of carboxylic acids is 1. The monoisotopic (exact) mass is 381 g/mol. The van der Waals surface area contributed by atoms with Crippen molar-refractivity contribution in [1.82, 2.24) is 9.29 Å². The highest BCUT2D eigenvalue weighted by molar-refractivity contribution is 7.90. The number of nitrogens with zero attached hydrogens (tertiary/aromatic N) is 2. The molecule has 1 aromatic carbocycles. The van der Waals surface area contributed by atoms with Crippen molar-refractivity contribution in [3.8, 4) is 0 Å². The van der Waals surface area contributed by atoms with Crippen molar-refractivity contribution in [2.24, 2.45) is 23.5 Å². The van der Waals surface area contributed by atoms with Crippen molar-refractivity contribution in [3.05, 3.63) is 30.0 Å². The van der Waals surface area contributed by atoms with Crippen LogP contribution in [-0.4, -0.2) is 42.6 Å². The fourth-order valence-electron chi connectivity index (χ4n) is 2.68. The second kappa shape index (κ2) is 7.75. The van der Waals surface area contributed by atoms with Crippen molar-refractivity contribution >= 4 is 32.9 Å². The Morgan fingerprint density at radius 3 is 2.69 bits per heavy atom. The summed E-state index contributed by atoms with van der Waals surface area (Å²) in [6.07, 6.45) is 0.602. The molecule has 10 heteroatoms. The van der Waals surface area contributed by atoms with E-state index in [9.17, 15) is 13.2 Å². The van der Waals surface area contributed by atoms with E-state index < -0.39 is 22.0 Å². The largest absolute Gasteiger partial charge is 0.480 e. The molecule has 6 N–H and O–H groups in total. The Labute approximate surface area is 151 Å². The molecule has 0 saturated heterocycles. The molecule has 0 amide bonds. The van der Waals surface area contributed by atoms with Gasteiger partial charge in [-0.3, -0.25) is 9.79 Å². The molecule has 0 aliphatic carbocycles. The zero-order chi connectivity index (χ0) is 19.5. The third-order valence-corrected chi connectivity index (χ3v) is 5.65. The number of rotatable bonds is 7. The van der Waals surface area contributed by atoms with Gasteiger partial charge in [-0.2, -0.15) is 0 Å². The van der Waals surface area contributed by atoms with E-state index in [1.54, 1.807) is 30.7 Å². The number of fused-ring (bicyclic) bond motifs is 1. The number of nitrogens with one attached hydrogen (secondary N) is 1. The van der Waals surface area contributed by atoms with Crippen molar-refractivity contribution in [1.29, 1.82) is 0 Å². The molecule has 0 fully saturated rings. The quantitative estimate of drug-likeness (QED) is 0.307. The highest BCUT2D eigenvalue weighted by Crippen LogP contribution is 2.28. The van der Waals surface area contributed by atoms with E-state index in [1.165, 1.54) is 0 Å². The van der Waals surface area contributed by atoms with Gasteiger partial charge in [-0.1, -0.05) is 18.2 Å². The number of guanidine groups is 1. The van der Waals surface area contributed by atoms with Gasteiger partial charge in [-0.25, -0.2) is 13.1 Å². The Kier molecular flexibility index (Phi) is 5.88. The summed E-state index contributed by atoms with van der Waals surface area (Å²) < 4.78 is 29.5. The standard InChI is InChI=1S/C16H23N5O4S/c1-10-14(11-6-3-4-8-13(11)21(10)2)26(24,25)20-16(18)19-9-5-7-12(17)15(22)23/h3-4,6,8,12H,5,7,9,17H2,1-2H3,(H,22,23)(H3,18,19,20)/t12-/m0/s1. The minimum Gasteiger partial charge on any atom is -0.480 e. The number of benzene rings is 1. The molecule has 2 rings (SSSR count). The van der Waals surface area contributed by atoms with Crippen LogP contribution in [0.25, 0.3) is 10.9 Å². The normalized spacial score (nSPS) is 13.7. The number of carboxylic acid groups (broad SMARTS) is 1. The van der Waals surface area contributed by atoms with Crippen LogP contribution in [0.3, 0.4) is 0 Å². The summed E-state index contributed by atoms with van der Waals surface area (Å²) >= 11 is 0. The maximum absolute atomic E-state index is 12.7. The minimum absolute atomic E-state index is 0.154. The van der Waals surface area contributed by atoms with Gasteiger partial charge in [-0.05, 0) is 25.8 Å². The number of aliphatic carboxylic acids is 1. The van der Waals surface area contributed by atoms with Crippen LogP contribution in [0, 0.1) is 6.92 Å². The third-order valence-electron chi connectivity index (χ3n) is 4.12. The first kappa shape index (κ1) is 19.7. The molecule has 2 aromatic rings. The molecular weight excluding hydrogens is 358 g/mol. The van der Waals surface area contributed by atoms with E-state index >= 15 is 0 Å². The molecule has 1 heterocycles. The van der Waals surface area contributed by atoms with E-state index in [0.29, 0.717) is 17.5 Å². The van der Waals surface area contributed by atoms with Gasteiger partial charge < -0.3 is 21.1 Å². The summed E-state index contributed by atoms with van der Waals surface area (Å²) in [7, 11) is -2.12. The zero-order valence-corrected chi connectivity index (χ0v) is 15.5. The molecule has 9 nitrogen and oxygen atoms in total. The molecule has 0 aliphatic heterocycles. The van der Waals surface area contributed by atoms with Crippen LogP contribution in [0.15, 0.2) is 34.2 Å². The SMILES string of the molecule is Cc1c(S(=O)(=O)NC(N)=NCCC[C@H](N)C(=O)O)c2ccccc2n1C. The second-order valence-corrected chi connectivity index (χ2v) is 7.57. The number of hydrogen-bond donors (Lipinski definition) is 4. The predicted molar refractivity (Wildman–Crippen MR) is 99.3 cm³/mol. The van der Waals surface area contributed by atoms with Crippen molar-refractivity contribution < 1.29 is 18.3 Å². The lowest BCUT2D eigenvalue weighted by molar-refractivity contribution is -0.138. The highest BCUT2D eigenvalue weighted by atomic mass is 32.2. The van der Waals surface area contributed by atoms with Gasteiger partial charge in [0.15, 0.2) is 0 Å². The van der Waals surface area contributed by atoms with Crippen LogP contribution in [0.5, 0.6) is 0 Å². The van der Waals surface area contributed by atoms with E-state index in [-0.39, 0.29) is 23.8 Å². The topological polar surface area (TPSA) is 153 Å². The van der Waals surface area contributed by atoms with E-state index in [2.05, 4.69) is 9.71 Å². The van der Waals surface area contributed by atoms with Crippen LogP contribution in [0.4, 0.5) is 0 Å². The van der Waals surface area contributed by atoms with E-state index in [1.807, 2.05) is 12.1 Å². The molecule has 0 spiro atoms. The molecule has 0 aliphatic rings. The van der Waals surface area contributed by atoms with E-state index in [4.69, 9.17) is 16.6 Å². The second-order valence-electron chi connectivity index (χ2n) is 5.95. The summed E-state index contributed by atoms with van der Waals surface area (Å²) in [6.45, 7) is 1.89. The first-order valence-electron chi connectivity index (χ1n) is 8.00. The maximum atomic E-state index is 12.7. The van der Waals surface area contributed by atoms with Gasteiger partial charge in [0.25, 0.3) is 10.0 Å². The number of aliphatic imine (C=N–C) groups is 1. The van der Waals surface area contributed by atoms with Gasteiger partial charge in [-0.15, -0.1) is 0 Å². The minimum atomic E-state index is -3.91. The molecule has 142 valence electrons. The third kappa shape index (κ3) is 4.14. The lowest BCUT2D eigenvalue weighted by Gasteiger charge is -2.08. The number of para-hydroxylation sites is 1. The predicted octanol–water partition coefficient (Wildman–Crippen LogP) is 0.272. The average Bonchev–Trinajstić information content (AvgIpc) is 2.83. The number of hydrogen-bond acceptors (Lipinski definition) is 5. The Morgan fingerprint density at radius 1 is 1.38 bits per heavy atom. The smallest absolute Gasteiger partial charge is 0.320 e. The van der Waals surface area contributed by atoms with E-state index in [0.717, 1.165) is 5.52 Å². The van der Waals surface area contributed by atoms with Crippen LogP contribution in [-0.2, 0) is 21.9 Å². The van der Waals surface area contributed by atoms with Crippen molar-refractivity contribution in [3.63, 3.8) is 0 Å². The lowest BCUT2D eigenvalue weighted by atomic mass is 10.2. The number of aryl methyl sites for hydroxylation is 1. The molecule has 0 saturated carbocycles. The summed E-state index contributed by atoms with van der Waals surface area (Å²) in [5.74, 6) is -1.34. The number of nitrogens with two attached hydrogens (primary N) is 2. The maximum Gasteiger partial charge on any atom is 0.320 e. The Balaban J connectivity index is 2.15. The fourth-order valence-corrected chi connectivity index (χ4v) is 4.11. The first-order chi connectivity index (χ1) is 12.1. The molecule has 1 aromatic heterocycles. The summed E-state index contributed by atoms with van der Waals surface area (Å²) in [5, 5.41) is 9.30. The van der Waals surface area contributed by atoms with Crippen LogP contribution < -0.4 is 16.2 Å². The Bertz CT molecular complexity index is 949. The van der Waals surface area contributed by atoms with Crippen molar-refractivity contribution in [2.45, 2.75) is 30.7 Å². The molecule has 0 bridgehead atoms. The number of carbonyl (C=O) groups is 1.